The average molecular weight is 292 g/mol. The average Bonchev–Trinajstić information content (AvgIpc) is 2.47. The van der Waals surface area contributed by atoms with Crippen LogP contribution in [0.25, 0.3) is 0 Å². The summed E-state index contributed by atoms with van der Waals surface area (Å²) >= 11 is 0. The summed E-state index contributed by atoms with van der Waals surface area (Å²) in [5.74, 6) is -1.57. The van der Waals surface area contributed by atoms with Crippen molar-refractivity contribution in [3.63, 3.8) is 0 Å². The molecule has 0 unspecified atom stereocenters. The maximum Gasteiger partial charge on any atom is 0.342 e. The molecule has 0 spiro atoms. The van der Waals surface area contributed by atoms with Gasteiger partial charge in [0.1, 0.15) is 17.1 Å². The van der Waals surface area contributed by atoms with Gasteiger partial charge in [0.25, 0.3) is 0 Å². The van der Waals surface area contributed by atoms with Crippen molar-refractivity contribution in [3.8, 4) is 23.0 Å². The van der Waals surface area contributed by atoms with Crippen molar-refractivity contribution in [3.05, 3.63) is 47.8 Å². The number of para-hydroxylation sites is 1. The number of rotatable bonds is 5. The summed E-state index contributed by atoms with van der Waals surface area (Å²) in [5, 5.41) is 9.09. The fourth-order valence-corrected chi connectivity index (χ4v) is 1.82. The van der Waals surface area contributed by atoms with E-state index in [0.29, 0.717) is 11.5 Å². The summed E-state index contributed by atoms with van der Waals surface area (Å²) in [7, 11) is 2.87. The number of carbonyl (C=O) groups is 1. The van der Waals surface area contributed by atoms with Crippen LogP contribution in [0, 0.1) is 5.82 Å². The number of hydrogen-bond donors (Lipinski definition) is 1. The number of aromatic carboxylic acids is 1. The van der Waals surface area contributed by atoms with Crippen molar-refractivity contribution in [2.45, 2.75) is 0 Å². The van der Waals surface area contributed by atoms with Crippen molar-refractivity contribution in [1.82, 2.24) is 0 Å². The normalized spacial score (nSPS) is 10.0. The zero-order valence-electron chi connectivity index (χ0n) is 11.4. The monoisotopic (exact) mass is 292 g/mol. The van der Waals surface area contributed by atoms with E-state index >= 15 is 0 Å². The molecule has 0 aliphatic carbocycles. The lowest BCUT2D eigenvalue weighted by Gasteiger charge is -2.15. The lowest BCUT2D eigenvalue weighted by Crippen LogP contribution is -2.04. The molecule has 0 fully saturated rings. The highest BCUT2D eigenvalue weighted by Crippen LogP contribution is 2.41. The third-order valence-corrected chi connectivity index (χ3v) is 2.78. The first-order chi connectivity index (χ1) is 10.1. The quantitative estimate of drug-likeness (QED) is 0.915. The van der Waals surface area contributed by atoms with Crippen LogP contribution < -0.4 is 14.2 Å². The molecule has 0 radical (unpaired) electrons. The van der Waals surface area contributed by atoms with Gasteiger partial charge in [0.05, 0.1) is 14.2 Å². The zero-order chi connectivity index (χ0) is 15.4. The van der Waals surface area contributed by atoms with Crippen LogP contribution in [-0.2, 0) is 0 Å². The van der Waals surface area contributed by atoms with E-state index in [4.69, 9.17) is 19.3 Å². The van der Waals surface area contributed by atoms with Crippen LogP contribution in [0.4, 0.5) is 4.39 Å². The van der Waals surface area contributed by atoms with Crippen LogP contribution in [0.3, 0.4) is 0 Å². The van der Waals surface area contributed by atoms with Gasteiger partial charge in [0, 0.05) is 0 Å². The third-order valence-electron chi connectivity index (χ3n) is 2.78. The molecule has 2 aromatic carbocycles. The Morgan fingerprint density at radius 2 is 1.52 bits per heavy atom. The third kappa shape index (κ3) is 2.89. The maximum atomic E-state index is 13.6. The van der Waals surface area contributed by atoms with Gasteiger partial charge in [-0.3, -0.25) is 0 Å². The highest BCUT2D eigenvalue weighted by Gasteiger charge is 2.20. The predicted octanol–water partition coefficient (Wildman–Crippen LogP) is 3.33. The SMILES string of the molecule is COc1cccc(OC)c1Oc1cccc(F)c1C(=O)O. The van der Waals surface area contributed by atoms with E-state index in [-0.39, 0.29) is 11.5 Å². The second-order valence-electron chi connectivity index (χ2n) is 4.01. The number of carboxylic acid groups (broad SMARTS) is 1. The summed E-state index contributed by atoms with van der Waals surface area (Å²) in [6.45, 7) is 0. The summed E-state index contributed by atoms with van der Waals surface area (Å²) in [6.07, 6.45) is 0. The molecule has 0 saturated heterocycles. The number of carboxylic acids is 1. The van der Waals surface area contributed by atoms with Gasteiger partial charge in [0.2, 0.25) is 5.75 Å². The van der Waals surface area contributed by atoms with Gasteiger partial charge in [0.15, 0.2) is 11.5 Å². The first kappa shape index (κ1) is 14.6. The molecule has 0 atom stereocenters. The van der Waals surface area contributed by atoms with Gasteiger partial charge in [-0.05, 0) is 24.3 Å². The smallest absolute Gasteiger partial charge is 0.342 e. The maximum absolute atomic E-state index is 13.6. The van der Waals surface area contributed by atoms with Gasteiger partial charge < -0.3 is 19.3 Å². The molecule has 0 aromatic heterocycles. The minimum atomic E-state index is -1.42. The number of ether oxygens (including phenoxy) is 3. The highest BCUT2D eigenvalue weighted by molar-refractivity contribution is 5.91. The van der Waals surface area contributed by atoms with E-state index in [1.807, 2.05) is 0 Å². The molecular formula is C15H13FO5. The summed E-state index contributed by atoms with van der Waals surface area (Å²) in [6, 6.07) is 8.70. The number of halogens is 1. The molecular weight excluding hydrogens is 279 g/mol. The topological polar surface area (TPSA) is 65.0 Å². The lowest BCUT2D eigenvalue weighted by atomic mass is 10.2. The summed E-state index contributed by atoms with van der Waals surface area (Å²) in [5.41, 5.74) is -0.551. The molecule has 5 nitrogen and oxygen atoms in total. The van der Waals surface area contributed by atoms with E-state index in [1.165, 1.54) is 26.4 Å². The van der Waals surface area contributed by atoms with E-state index < -0.39 is 17.3 Å². The van der Waals surface area contributed by atoms with Crippen molar-refractivity contribution >= 4 is 5.97 Å². The Hall–Kier alpha value is -2.76. The molecule has 1 N–H and O–H groups in total. The number of methoxy groups -OCH3 is 2. The Kier molecular flexibility index (Phi) is 4.27. The van der Waals surface area contributed by atoms with Crippen molar-refractivity contribution < 1.29 is 28.5 Å². The van der Waals surface area contributed by atoms with E-state index in [1.54, 1.807) is 18.2 Å². The Labute approximate surface area is 120 Å². The van der Waals surface area contributed by atoms with Crippen LogP contribution in [-0.4, -0.2) is 25.3 Å². The first-order valence-corrected chi connectivity index (χ1v) is 5.99. The fourth-order valence-electron chi connectivity index (χ4n) is 1.82. The lowest BCUT2D eigenvalue weighted by molar-refractivity contribution is 0.0688. The minimum Gasteiger partial charge on any atom is -0.493 e. The Morgan fingerprint density at radius 1 is 1.00 bits per heavy atom. The van der Waals surface area contributed by atoms with E-state index in [2.05, 4.69) is 0 Å². The van der Waals surface area contributed by atoms with Crippen LogP contribution in [0.2, 0.25) is 0 Å². The zero-order valence-corrected chi connectivity index (χ0v) is 11.4. The van der Waals surface area contributed by atoms with Crippen molar-refractivity contribution in [2.75, 3.05) is 14.2 Å². The molecule has 0 bridgehead atoms. The molecule has 0 aliphatic rings. The molecule has 6 heteroatoms. The highest BCUT2D eigenvalue weighted by atomic mass is 19.1. The first-order valence-electron chi connectivity index (χ1n) is 5.99. The van der Waals surface area contributed by atoms with Crippen LogP contribution >= 0.6 is 0 Å². The van der Waals surface area contributed by atoms with Gasteiger partial charge in [-0.15, -0.1) is 0 Å². The van der Waals surface area contributed by atoms with Crippen LogP contribution in [0.15, 0.2) is 36.4 Å². The number of hydrogen-bond acceptors (Lipinski definition) is 4. The molecule has 0 amide bonds. The second-order valence-corrected chi connectivity index (χ2v) is 4.01. The Balaban J connectivity index is 2.53. The fraction of sp³-hybridized carbons (Fsp3) is 0.133. The Morgan fingerprint density at radius 3 is 2.05 bits per heavy atom. The van der Waals surface area contributed by atoms with E-state index in [9.17, 15) is 9.18 Å². The van der Waals surface area contributed by atoms with Crippen LogP contribution in [0.5, 0.6) is 23.0 Å². The van der Waals surface area contributed by atoms with Gasteiger partial charge in [-0.25, -0.2) is 9.18 Å². The standard InChI is InChI=1S/C15H13FO5/c1-19-11-7-4-8-12(20-2)14(11)21-10-6-3-5-9(16)13(10)15(17)18/h3-8H,1-2H3,(H,17,18). The predicted molar refractivity (Wildman–Crippen MR) is 73.0 cm³/mol. The molecule has 0 saturated carbocycles. The minimum absolute atomic E-state index is 0.134. The van der Waals surface area contributed by atoms with E-state index in [0.717, 1.165) is 6.07 Å². The van der Waals surface area contributed by atoms with Gasteiger partial charge in [-0.2, -0.15) is 0 Å². The second kappa shape index (κ2) is 6.13. The molecule has 110 valence electrons. The van der Waals surface area contributed by atoms with Crippen LogP contribution in [0.1, 0.15) is 10.4 Å². The molecule has 2 aromatic rings. The molecule has 21 heavy (non-hydrogen) atoms. The summed E-state index contributed by atoms with van der Waals surface area (Å²) < 4.78 is 29.5. The Bertz CT molecular complexity index is 647. The summed E-state index contributed by atoms with van der Waals surface area (Å²) in [4.78, 5) is 11.2. The van der Waals surface area contributed by atoms with Gasteiger partial charge in [-0.1, -0.05) is 12.1 Å². The molecule has 0 heterocycles. The van der Waals surface area contributed by atoms with Gasteiger partial charge >= 0.3 is 5.97 Å². The van der Waals surface area contributed by atoms with Crippen molar-refractivity contribution in [2.24, 2.45) is 0 Å². The molecule has 0 aliphatic heterocycles. The number of benzene rings is 2. The largest absolute Gasteiger partial charge is 0.493 e. The van der Waals surface area contributed by atoms with Crippen molar-refractivity contribution in [1.29, 1.82) is 0 Å². The molecule has 2 rings (SSSR count).